The lowest BCUT2D eigenvalue weighted by Crippen LogP contribution is -2.49. The summed E-state index contributed by atoms with van der Waals surface area (Å²) in [6.07, 6.45) is 2.32. The van der Waals surface area contributed by atoms with Gasteiger partial charge in [0.15, 0.2) is 14.6 Å². The van der Waals surface area contributed by atoms with Gasteiger partial charge < -0.3 is 4.57 Å². The van der Waals surface area contributed by atoms with Gasteiger partial charge in [-0.15, -0.1) is 0 Å². The fourth-order valence-electron chi connectivity index (χ4n) is 1.59. The molecule has 1 amide bonds. The van der Waals surface area contributed by atoms with Gasteiger partial charge in [-0.25, -0.2) is 13.9 Å². The van der Waals surface area contributed by atoms with Crippen molar-refractivity contribution in [1.29, 1.82) is 0 Å². The third-order valence-corrected chi connectivity index (χ3v) is 5.89. The number of carbonyl (C=O) groups is 1. The molecule has 1 aromatic rings. The van der Waals surface area contributed by atoms with Crippen molar-refractivity contribution in [3.63, 3.8) is 0 Å². The second-order valence-corrected chi connectivity index (χ2v) is 8.26. The Hall–Kier alpha value is -0.940. The van der Waals surface area contributed by atoms with E-state index in [2.05, 4.69) is 0 Å². The Morgan fingerprint density at radius 2 is 2.15 bits per heavy atom. The van der Waals surface area contributed by atoms with Gasteiger partial charge in [0.2, 0.25) is 0 Å². The number of aromatic nitrogens is 1. The number of halogens is 1. The van der Waals surface area contributed by atoms with E-state index in [4.69, 9.17) is 5.21 Å². The highest BCUT2D eigenvalue weighted by Crippen LogP contribution is 2.21. The Morgan fingerprint density at radius 1 is 1.55 bits per heavy atom. The van der Waals surface area contributed by atoms with Crippen LogP contribution in [0.5, 0.6) is 0 Å². The Bertz CT molecular complexity index is 670. The van der Waals surface area contributed by atoms with Crippen LogP contribution in [0.25, 0.3) is 0 Å². The van der Waals surface area contributed by atoms with Crippen molar-refractivity contribution < 1.29 is 18.4 Å². The molecule has 0 aliphatic heterocycles. The van der Waals surface area contributed by atoms with Gasteiger partial charge >= 0.3 is 0 Å². The van der Waals surface area contributed by atoms with Gasteiger partial charge in [0, 0.05) is 28.6 Å². The molecule has 7 nitrogen and oxygen atoms in total. The molecule has 1 heterocycles. The molecule has 0 aliphatic carbocycles. The number of nitrogens with zero attached hydrogens (tertiary/aromatic N) is 1. The SMILES string of the molecule is C[C@@](CCn1ccc(I)cc1=O)(C(=O)NO)S(C)(=O)=O. The monoisotopic (exact) mass is 414 g/mol. The number of aryl methyl sites for hydroxylation is 1. The summed E-state index contributed by atoms with van der Waals surface area (Å²) in [6, 6.07) is 3.11. The molecule has 0 bridgehead atoms. The Morgan fingerprint density at radius 3 is 2.60 bits per heavy atom. The van der Waals surface area contributed by atoms with Gasteiger partial charge in [-0.1, -0.05) is 0 Å². The maximum atomic E-state index is 11.8. The number of nitrogens with one attached hydrogen (secondary N) is 1. The molecule has 1 rings (SSSR count). The molecule has 0 radical (unpaired) electrons. The van der Waals surface area contributed by atoms with Gasteiger partial charge in [-0.05, 0) is 42.0 Å². The number of hydrogen-bond donors (Lipinski definition) is 2. The van der Waals surface area contributed by atoms with Crippen LogP contribution in [-0.2, 0) is 21.2 Å². The largest absolute Gasteiger partial charge is 0.315 e. The molecule has 0 spiro atoms. The highest BCUT2D eigenvalue weighted by molar-refractivity contribution is 14.1. The molecule has 1 atom stereocenters. The number of amides is 1. The van der Waals surface area contributed by atoms with Crippen LogP contribution >= 0.6 is 22.6 Å². The van der Waals surface area contributed by atoms with Crippen molar-refractivity contribution in [2.24, 2.45) is 0 Å². The molecule has 112 valence electrons. The molecule has 20 heavy (non-hydrogen) atoms. The topological polar surface area (TPSA) is 105 Å². The second-order valence-electron chi connectivity index (χ2n) is 4.57. The molecule has 0 unspecified atom stereocenters. The molecular weight excluding hydrogens is 399 g/mol. The lowest BCUT2D eigenvalue weighted by atomic mass is 10.1. The summed E-state index contributed by atoms with van der Waals surface area (Å²) >= 11 is 1.99. The molecule has 0 saturated heterocycles. The third-order valence-electron chi connectivity index (χ3n) is 3.19. The predicted octanol–water partition coefficient (Wildman–Crippen LogP) is 0.152. The summed E-state index contributed by atoms with van der Waals surface area (Å²) in [5, 5.41) is 8.69. The maximum absolute atomic E-state index is 11.8. The number of sulfone groups is 1. The molecule has 9 heteroatoms. The van der Waals surface area contributed by atoms with E-state index in [0.717, 1.165) is 9.83 Å². The first-order valence-corrected chi connectivity index (χ1v) is 8.59. The van der Waals surface area contributed by atoms with Crippen LogP contribution in [0.15, 0.2) is 23.1 Å². The Kier molecular flexibility index (Phi) is 5.33. The first-order valence-electron chi connectivity index (χ1n) is 5.62. The summed E-state index contributed by atoms with van der Waals surface area (Å²) in [6.45, 7) is 1.26. The van der Waals surface area contributed by atoms with Crippen LogP contribution < -0.4 is 11.0 Å². The quantitative estimate of drug-likeness (QED) is 0.406. The van der Waals surface area contributed by atoms with Crippen LogP contribution in [-0.4, -0.2) is 35.1 Å². The number of pyridine rings is 1. The van der Waals surface area contributed by atoms with Crippen LogP contribution in [0.3, 0.4) is 0 Å². The van der Waals surface area contributed by atoms with Crippen molar-refractivity contribution in [2.75, 3.05) is 6.26 Å². The van der Waals surface area contributed by atoms with E-state index < -0.39 is 20.5 Å². The van der Waals surface area contributed by atoms with Crippen molar-refractivity contribution in [1.82, 2.24) is 10.0 Å². The summed E-state index contributed by atoms with van der Waals surface area (Å²) in [7, 11) is -3.76. The second kappa shape index (κ2) is 6.22. The van der Waals surface area contributed by atoms with Crippen LogP contribution in [0, 0.1) is 3.57 Å². The van der Waals surface area contributed by atoms with Gasteiger partial charge in [0.05, 0.1) is 0 Å². The molecule has 1 aromatic heterocycles. The van der Waals surface area contributed by atoms with Crippen LogP contribution in [0.4, 0.5) is 0 Å². The normalized spacial score (nSPS) is 14.6. The zero-order valence-corrected chi connectivity index (χ0v) is 13.9. The van der Waals surface area contributed by atoms with E-state index in [0.29, 0.717) is 0 Å². The number of hydroxylamine groups is 1. The van der Waals surface area contributed by atoms with Gasteiger partial charge in [-0.3, -0.25) is 14.8 Å². The predicted molar refractivity (Wildman–Crippen MR) is 81.2 cm³/mol. The zero-order valence-electron chi connectivity index (χ0n) is 11.0. The van der Waals surface area contributed by atoms with E-state index in [1.165, 1.54) is 29.2 Å². The average molecular weight is 414 g/mol. The van der Waals surface area contributed by atoms with E-state index in [1.54, 1.807) is 6.07 Å². The standard InChI is InChI=1S/C11H15IN2O5S/c1-11(10(16)13-17,20(2,18)19)4-6-14-5-3-8(12)7-9(14)15/h3,5,7,17H,4,6H2,1-2H3,(H,13,16)/t11-/m1/s1. The maximum Gasteiger partial charge on any atom is 0.264 e. The van der Waals surface area contributed by atoms with E-state index >= 15 is 0 Å². The lowest BCUT2D eigenvalue weighted by molar-refractivity contribution is -0.131. The minimum absolute atomic E-state index is 0.0484. The summed E-state index contributed by atoms with van der Waals surface area (Å²) < 4.78 is 23.8. The molecule has 0 aromatic carbocycles. The number of carbonyl (C=O) groups excluding carboxylic acids is 1. The zero-order chi connectivity index (χ0) is 15.6. The number of hydrogen-bond acceptors (Lipinski definition) is 5. The summed E-state index contributed by atoms with van der Waals surface area (Å²) in [4.78, 5) is 23.3. The summed E-state index contributed by atoms with van der Waals surface area (Å²) in [5.74, 6) is -1.02. The molecule has 0 aliphatic rings. The van der Waals surface area contributed by atoms with E-state index in [-0.39, 0.29) is 18.5 Å². The van der Waals surface area contributed by atoms with E-state index in [9.17, 15) is 18.0 Å². The van der Waals surface area contributed by atoms with E-state index in [1.807, 2.05) is 22.6 Å². The van der Waals surface area contributed by atoms with Crippen LogP contribution in [0.2, 0.25) is 0 Å². The first kappa shape index (κ1) is 17.1. The van der Waals surface area contributed by atoms with Crippen molar-refractivity contribution >= 4 is 38.3 Å². The minimum atomic E-state index is -3.76. The molecule has 0 fully saturated rings. The third kappa shape index (κ3) is 3.58. The lowest BCUT2D eigenvalue weighted by Gasteiger charge is -2.25. The Balaban J connectivity index is 3.05. The molecule has 0 saturated carbocycles. The Labute approximate surface area is 130 Å². The fourth-order valence-corrected chi connectivity index (χ4v) is 2.86. The fraction of sp³-hybridized carbons (Fsp3) is 0.455. The molecular formula is C11H15IN2O5S. The smallest absolute Gasteiger partial charge is 0.264 e. The average Bonchev–Trinajstić information content (AvgIpc) is 2.35. The summed E-state index contributed by atoms with van der Waals surface area (Å²) in [5.41, 5.74) is 1.09. The van der Waals surface area contributed by atoms with Crippen molar-refractivity contribution in [3.05, 3.63) is 32.3 Å². The van der Waals surface area contributed by atoms with Gasteiger partial charge in [0.25, 0.3) is 11.5 Å². The number of rotatable bonds is 5. The molecule has 2 N–H and O–H groups in total. The van der Waals surface area contributed by atoms with Gasteiger partial charge in [0.1, 0.15) is 0 Å². The van der Waals surface area contributed by atoms with Gasteiger partial charge in [-0.2, -0.15) is 0 Å². The highest BCUT2D eigenvalue weighted by atomic mass is 127. The highest BCUT2D eigenvalue weighted by Gasteiger charge is 2.43. The van der Waals surface area contributed by atoms with Crippen molar-refractivity contribution in [2.45, 2.75) is 24.6 Å². The first-order chi connectivity index (χ1) is 9.11. The van der Waals surface area contributed by atoms with Crippen molar-refractivity contribution in [3.8, 4) is 0 Å². The minimum Gasteiger partial charge on any atom is -0.315 e. The van der Waals surface area contributed by atoms with Crippen LogP contribution in [0.1, 0.15) is 13.3 Å².